The number of para-hydroxylation sites is 1. The Morgan fingerprint density at radius 1 is 1.15 bits per heavy atom. The second-order valence-corrected chi connectivity index (χ2v) is 6.75. The minimum atomic E-state index is 0.0638. The first-order chi connectivity index (χ1) is 12.7. The number of aromatic hydroxyl groups is 1. The van der Waals surface area contributed by atoms with E-state index in [9.17, 15) is 9.90 Å². The van der Waals surface area contributed by atoms with Gasteiger partial charge in [0.15, 0.2) is 0 Å². The zero-order valence-electron chi connectivity index (χ0n) is 15.1. The van der Waals surface area contributed by atoms with Crippen molar-refractivity contribution >= 4 is 5.91 Å². The molecule has 1 amide bonds. The molecule has 26 heavy (non-hydrogen) atoms. The number of ether oxygens (including phenoxy) is 1. The Hall–Kier alpha value is -2.53. The maximum atomic E-state index is 12.4. The van der Waals surface area contributed by atoms with Gasteiger partial charge < -0.3 is 15.2 Å². The summed E-state index contributed by atoms with van der Waals surface area (Å²) in [5.41, 5.74) is 2.01. The molecule has 1 fully saturated rings. The highest BCUT2D eigenvalue weighted by Gasteiger charge is 2.25. The van der Waals surface area contributed by atoms with Gasteiger partial charge in [-0.3, -0.25) is 9.69 Å². The molecule has 0 saturated carbocycles. The van der Waals surface area contributed by atoms with Crippen LogP contribution in [0, 0.1) is 5.92 Å². The molecule has 138 valence electrons. The number of piperidine rings is 1. The minimum absolute atomic E-state index is 0.0638. The summed E-state index contributed by atoms with van der Waals surface area (Å²) >= 11 is 0. The van der Waals surface area contributed by atoms with Crippen LogP contribution in [0.1, 0.15) is 24.0 Å². The molecular weight excluding hydrogens is 328 g/mol. The first-order valence-electron chi connectivity index (χ1n) is 9.05. The van der Waals surface area contributed by atoms with Crippen molar-refractivity contribution in [2.24, 2.45) is 5.92 Å². The quantitative estimate of drug-likeness (QED) is 0.837. The molecule has 0 radical (unpaired) electrons. The van der Waals surface area contributed by atoms with E-state index < -0.39 is 0 Å². The van der Waals surface area contributed by atoms with E-state index in [0.717, 1.165) is 49.4 Å². The van der Waals surface area contributed by atoms with E-state index in [1.54, 1.807) is 13.2 Å². The zero-order valence-corrected chi connectivity index (χ0v) is 15.1. The van der Waals surface area contributed by atoms with E-state index in [0.29, 0.717) is 12.3 Å². The van der Waals surface area contributed by atoms with E-state index in [2.05, 4.69) is 10.2 Å². The lowest BCUT2D eigenvalue weighted by Gasteiger charge is -2.31. The molecule has 1 aliphatic heterocycles. The first-order valence-corrected chi connectivity index (χ1v) is 9.05. The standard InChI is InChI=1S/C21H26N2O3/c1-26-19-8-6-16(7-9-19)14-22-21(25)17-10-12-23(13-11-17)15-18-4-2-3-5-20(18)24/h2-9,17,24H,10-15H2,1H3,(H,22,25). The molecule has 0 spiro atoms. The molecular formula is C21H26N2O3. The SMILES string of the molecule is COc1ccc(CNC(=O)C2CCN(Cc3ccccc3O)CC2)cc1. The van der Waals surface area contributed by atoms with Crippen LogP contribution in [0.25, 0.3) is 0 Å². The van der Waals surface area contributed by atoms with Gasteiger partial charge in [-0.15, -0.1) is 0 Å². The second-order valence-electron chi connectivity index (χ2n) is 6.75. The van der Waals surface area contributed by atoms with E-state index in [1.165, 1.54) is 0 Å². The Kier molecular flexibility index (Phi) is 6.12. The van der Waals surface area contributed by atoms with Crippen molar-refractivity contribution in [3.8, 4) is 11.5 Å². The fourth-order valence-electron chi connectivity index (χ4n) is 3.32. The maximum absolute atomic E-state index is 12.4. The van der Waals surface area contributed by atoms with Gasteiger partial charge in [0.1, 0.15) is 11.5 Å². The Morgan fingerprint density at radius 3 is 2.50 bits per heavy atom. The van der Waals surface area contributed by atoms with Crippen molar-refractivity contribution in [2.75, 3.05) is 20.2 Å². The Bertz CT molecular complexity index is 722. The topological polar surface area (TPSA) is 61.8 Å². The molecule has 0 unspecified atom stereocenters. The first kappa shape index (κ1) is 18.3. The highest BCUT2D eigenvalue weighted by atomic mass is 16.5. The molecule has 5 nitrogen and oxygen atoms in total. The van der Waals surface area contributed by atoms with Crippen molar-refractivity contribution < 1.29 is 14.6 Å². The van der Waals surface area contributed by atoms with Crippen molar-refractivity contribution in [3.63, 3.8) is 0 Å². The van der Waals surface area contributed by atoms with E-state index in [1.807, 2.05) is 42.5 Å². The summed E-state index contributed by atoms with van der Waals surface area (Å²) in [6, 6.07) is 15.2. The van der Waals surface area contributed by atoms with Gasteiger partial charge in [-0.2, -0.15) is 0 Å². The lowest BCUT2D eigenvalue weighted by molar-refractivity contribution is -0.126. The van der Waals surface area contributed by atoms with Crippen molar-refractivity contribution in [2.45, 2.75) is 25.9 Å². The van der Waals surface area contributed by atoms with Gasteiger partial charge in [-0.05, 0) is 49.7 Å². The van der Waals surface area contributed by atoms with Gasteiger partial charge in [0.05, 0.1) is 7.11 Å². The summed E-state index contributed by atoms with van der Waals surface area (Å²) in [6.07, 6.45) is 1.70. The minimum Gasteiger partial charge on any atom is -0.508 e. The van der Waals surface area contributed by atoms with Gasteiger partial charge in [0, 0.05) is 24.6 Å². The number of nitrogens with one attached hydrogen (secondary N) is 1. The number of methoxy groups -OCH3 is 1. The average molecular weight is 354 g/mol. The second kappa shape index (κ2) is 8.72. The smallest absolute Gasteiger partial charge is 0.223 e. The predicted molar refractivity (Wildman–Crippen MR) is 101 cm³/mol. The summed E-state index contributed by atoms with van der Waals surface area (Å²) in [6.45, 7) is 3.01. The van der Waals surface area contributed by atoms with Crippen LogP contribution in [0.2, 0.25) is 0 Å². The largest absolute Gasteiger partial charge is 0.508 e. The molecule has 2 aromatic carbocycles. The number of benzene rings is 2. The van der Waals surface area contributed by atoms with Crippen LogP contribution in [-0.2, 0) is 17.9 Å². The van der Waals surface area contributed by atoms with Crippen LogP contribution in [0.15, 0.2) is 48.5 Å². The number of amides is 1. The summed E-state index contributed by atoms with van der Waals surface area (Å²) in [5, 5.41) is 12.9. The van der Waals surface area contributed by atoms with Crippen molar-refractivity contribution in [1.82, 2.24) is 10.2 Å². The zero-order chi connectivity index (χ0) is 18.4. The van der Waals surface area contributed by atoms with Crippen molar-refractivity contribution in [3.05, 3.63) is 59.7 Å². The molecule has 2 aromatic rings. The van der Waals surface area contributed by atoms with Crippen LogP contribution in [0.5, 0.6) is 11.5 Å². The molecule has 0 aromatic heterocycles. The summed E-state index contributed by atoms with van der Waals surface area (Å²) in [7, 11) is 1.64. The third-order valence-electron chi connectivity index (χ3n) is 4.97. The highest BCUT2D eigenvalue weighted by Crippen LogP contribution is 2.23. The van der Waals surface area contributed by atoms with Crippen LogP contribution in [0.3, 0.4) is 0 Å². The average Bonchev–Trinajstić information content (AvgIpc) is 2.69. The third kappa shape index (κ3) is 4.76. The van der Waals surface area contributed by atoms with E-state index >= 15 is 0 Å². The number of rotatable bonds is 6. The number of nitrogens with zero attached hydrogens (tertiary/aromatic N) is 1. The lowest BCUT2D eigenvalue weighted by Crippen LogP contribution is -2.40. The van der Waals surface area contributed by atoms with E-state index in [4.69, 9.17) is 4.74 Å². The molecule has 1 heterocycles. The molecule has 1 aliphatic rings. The van der Waals surface area contributed by atoms with Crippen LogP contribution in [0.4, 0.5) is 0 Å². The van der Waals surface area contributed by atoms with Crippen LogP contribution < -0.4 is 10.1 Å². The van der Waals surface area contributed by atoms with Crippen molar-refractivity contribution in [1.29, 1.82) is 0 Å². The van der Waals surface area contributed by atoms with Gasteiger partial charge >= 0.3 is 0 Å². The Labute approximate surface area is 154 Å². The number of hydrogen-bond donors (Lipinski definition) is 2. The number of phenols is 1. The van der Waals surface area contributed by atoms with Crippen LogP contribution in [-0.4, -0.2) is 36.1 Å². The number of phenolic OH excluding ortho intramolecular Hbond substituents is 1. The fraction of sp³-hybridized carbons (Fsp3) is 0.381. The molecule has 0 aliphatic carbocycles. The molecule has 1 saturated heterocycles. The Morgan fingerprint density at radius 2 is 1.85 bits per heavy atom. The lowest BCUT2D eigenvalue weighted by atomic mass is 9.95. The fourth-order valence-corrected chi connectivity index (χ4v) is 3.32. The monoisotopic (exact) mass is 354 g/mol. The summed E-state index contributed by atoms with van der Waals surface area (Å²) in [4.78, 5) is 14.7. The van der Waals surface area contributed by atoms with Gasteiger partial charge in [0.25, 0.3) is 0 Å². The number of likely N-dealkylation sites (tertiary alicyclic amines) is 1. The summed E-state index contributed by atoms with van der Waals surface area (Å²) < 4.78 is 5.14. The number of carbonyl (C=O) groups excluding carboxylic acids is 1. The molecule has 5 heteroatoms. The van der Waals surface area contributed by atoms with Gasteiger partial charge in [-0.25, -0.2) is 0 Å². The molecule has 2 N–H and O–H groups in total. The van der Waals surface area contributed by atoms with E-state index in [-0.39, 0.29) is 11.8 Å². The normalized spacial score (nSPS) is 15.6. The maximum Gasteiger partial charge on any atom is 0.223 e. The number of hydrogen-bond acceptors (Lipinski definition) is 4. The number of carbonyl (C=O) groups is 1. The van der Waals surface area contributed by atoms with Gasteiger partial charge in [0.2, 0.25) is 5.91 Å². The molecule has 0 atom stereocenters. The highest BCUT2D eigenvalue weighted by molar-refractivity contribution is 5.78. The molecule has 3 rings (SSSR count). The summed E-state index contributed by atoms with van der Waals surface area (Å²) in [5.74, 6) is 1.35. The van der Waals surface area contributed by atoms with Crippen LogP contribution >= 0.6 is 0 Å². The third-order valence-corrected chi connectivity index (χ3v) is 4.97. The Balaban J connectivity index is 1.43. The van der Waals surface area contributed by atoms with Gasteiger partial charge in [-0.1, -0.05) is 30.3 Å². The predicted octanol–water partition coefficient (Wildman–Crippen LogP) is 2.93. The molecule has 0 bridgehead atoms.